The van der Waals surface area contributed by atoms with Gasteiger partial charge in [-0.1, -0.05) is 30.3 Å². The number of sulfonamides is 1. The van der Waals surface area contributed by atoms with Gasteiger partial charge in [0.2, 0.25) is 10.0 Å². The maximum Gasteiger partial charge on any atom is 0.235 e. The summed E-state index contributed by atoms with van der Waals surface area (Å²) < 4.78 is 25.8. The van der Waals surface area contributed by atoms with Crippen molar-refractivity contribution in [1.29, 1.82) is 5.26 Å². The fourth-order valence-electron chi connectivity index (χ4n) is 3.36. The number of hydrogen-bond donors (Lipinski definition) is 1. The van der Waals surface area contributed by atoms with E-state index in [0.29, 0.717) is 30.8 Å². The average molecular weight is 378 g/mol. The van der Waals surface area contributed by atoms with E-state index < -0.39 is 10.0 Å². The highest BCUT2D eigenvalue weighted by atomic mass is 32.2. The first-order chi connectivity index (χ1) is 13.1. The van der Waals surface area contributed by atoms with Gasteiger partial charge < -0.3 is 5.32 Å². The van der Waals surface area contributed by atoms with E-state index in [-0.39, 0.29) is 5.75 Å². The van der Waals surface area contributed by atoms with Gasteiger partial charge in [-0.15, -0.1) is 0 Å². The quantitative estimate of drug-likeness (QED) is 0.753. The topological polar surface area (TPSA) is 86.1 Å². The molecule has 0 unspecified atom stereocenters. The summed E-state index contributed by atoms with van der Waals surface area (Å²) in [4.78, 5) is 4.31. The Kier molecular flexibility index (Phi) is 4.42. The summed E-state index contributed by atoms with van der Waals surface area (Å²) >= 11 is 0. The highest BCUT2D eigenvalue weighted by Crippen LogP contribution is 2.28. The number of hydrogen-bond acceptors (Lipinski definition) is 5. The van der Waals surface area contributed by atoms with E-state index in [2.05, 4.69) is 16.4 Å². The van der Waals surface area contributed by atoms with Crippen molar-refractivity contribution in [1.82, 2.24) is 4.98 Å². The van der Waals surface area contributed by atoms with Crippen molar-refractivity contribution in [3.63, 3.8) is 0 Å². The zero-order valence-corrected chi connectivity index (χ0v) is 15.4. The Morgan fingerprint density at radius 2 is 2.04 bits per heavy atom. The second kappa shape index (κ2) is 6.89. The van der Waals surface area contributed by atoms with Crippen molar-refractivity contribution in [2.75, 3.05) is 21.9 Å². The molecule has 1 saturated heterocycles. The lowest BCUT2D eigenvalue weighted by atomic mass is 10.1. The summed E-state index contributed by atoms with van der Waals surface area (Å²) in [7, 11) is -3.20. The van der Waals surface area contributed by atoms with Gasteiger partial charge in [-0.2, -0.15) is 5.26 Å². The molecule has 136 valence electrons. The highest BCUT2D eigenvalue weighted by Gasteiger charge is 2.28. The molecule has 0 bridgehead atoms. The molecule has 0 atom stereocenters. The van der Waals surface area contributed by atoms with Gasteiger partial charge >= 0.3 is 0 Å². The lowest BCUT2D eigenvalue weighted by Gasteiger charge is -2.18. The molecule has 0 aliphatic carbocycles. The molecule has 1 aliphatic heterocycles. The summed E-state index contributed by atoms with van der Waals surface area (Å²) in [6.07, 6.45) is 2.22. The van der Waals surface area contributed by atoms with E-state index in [0.717, 1.165) is 22.2 Å². The van der Waals surface area contributed by atoms with Crippen molar-refractivity contribution in [2.45, 2.75) is 13.0 Å². The van der Waals surface area contributed by atoms with Crippen LogP contribution >= 0.6 is 0 Å². The molecular formula is C20H18N4O2S. The number of benzene rings is 2. The molecule has 3 aromatic rings. The number of rotatable bonds is 4. The number of nitrogens with one attached hydrogen (secondary N) is 1. The first-order valence-corrected chi connectivity index (χ1v) is 10.3. The molecular weight excluding hydrogens is 360 g/mol. The molecule has 0 spiro atoms. The molecule has 1 fully saturated rings. The third kappa shape index (κ3) is 3.32. The van der Waals surface area contributed by atoms with Gasteiger partial charge in [-0.3, -0.25) is 9.29 Å². The molecule has 2 aromatic carbocycles. The van der Waals surface area contributed by atoms with E-state index in [4.69, 9.17) is 0 Å². The minimum Gasteiger partial charge on any atom is -0.379 e. The highest BCUT2D eigenvalue weighted by molar-refractivity contribution is 7.93. The number of aromatic nitrogens is 1. The summed E-state index contributed by atoms with van der Waals surface area (Å²) in [5.41, 5.74) is 3.66. The summed E-state index contributed by atoms with van der Waals surface area (Å²) in [5.74, 6) is 0.198. The summed E-state index contributed by atoms with van der Waals surface area (Å²) in [6.45, 7) is 0.997. The Morgan fingerprint density at radius 3 is 2.81 bits per heavy atom. The molecule has 1 aliphatic rings. The van der Waals surface area contributed by atoms with Crippen molar-refractivity contribution >= 4 is 32.3 Å². The van der Waals surface area contributed by atoms with E-state index in [1.165, 1.54) is 4.31 Å². The Balaban J connectivity index is 1.63. The summed E-state index contributed by atoms with van der Waals surface area (Å²) in [5, 5.41) is 13.6. The van der Waals surface area contributed by atoms with Gasteiger partial charge in [0, 0.05) is 24.7 Å². The first kappa shape index (κ1) is 17.3. The van der Waals surface area contributed by atoms with Crippen LogP contribution in [0.1, 0.15) is 17.5 Å². The van der Waals surface area contributed by atoms with Crippen molar-refractivity contribution < 1.29 is 8.42 Å². The number of nitrogens with zero attached hydrogens (tertiary/aromatic N) is 3. The second-order valence-corrected chi connectivity index (χ2v) is 8.45. The zero-order valence-electron chi connectivity index (χ0n) is 14.6. The molecule has 7 heteroatoms. The van der Waals surface area contributed by atoms with E-state index in [9.17, 15) is 13.7 Å². The van der Waals surface area contributed by atoms with Gasteiger partial charge in [0.05, 0.1) is 28.2 Å². The average Bonchev–Trinajstić information content (AvgIpc) is 3.05. The minimum atomic E-state index is -3.20. The molecule has 1 N–H and O–H groups in total. The maximum absolute atomic E-state index is 12.2. The van der Waals surface area contributed by atoms with Crippen LogP contribution < -0.4 is 9.62 Å². The van der Waals surface area contributed by atoms with Gasteiger partial charge in [-0.25, -0.2) is 8.42 Å². The van der Waals surface area contributed by atoms with Gasteiger partial charge in [0.25, 0.3) is 0 Å². The molecule has 6 nitrogen and oxygen atoms in total. The number of nitriles is 1. The van der Waals surface area contributed by atoms with Crippen LogP contribution in [0.3, 0.4) is 0 Å². The Bertz CT molecular complexity index is 1150. The third-order valence-corrected chi connectivity index (χ3v) is 6.53. The third-order valence-electron chi connectivity index (χ3n) is 4.66. The summed E-state index contributed by atoms with van der Waals surface area (Å²) in [6, 6.07) is 17.3. The number of pyridine rings is 1. The van der Waals surface area contributed by atoms with Crippen LogP contribution in [0.5, 0.6) is 0 Å². The van der Waals surface area contributed by atoms with Crippen LogP contribution in [0.4, 0.5) is 11.4 Å². The van der Waals surface area contributed by atoms with Crippen LogP contribution in [-0.2, 0) is 16.6 Å². The SMILES string of the molecule is N#Cc1cnc2ccccc2c1NCc1cccc(N2CCCS2(=O)=O)c1. The number of para-hydroxylation sites is 1. The number of fused-ring (bicyclic) bond motifs is 1. The lowest BCUT2D eigenvalue weighted by Crippen LogP contribution is -2.25. The standard InChI is InChI=1S/C20H18N4O2S/c21-12-16-14-22-19-8-2-1-7-18(19)20(16)23-13-15-5-3-6-17(11-15)24-9-4-10-27(24,25)26/h1-3,5-8,11,14H,4,9-10,13H2,(H,22,23). The molecule has 27 heavy (non-hydrogen) atoms. The van der Waals surface area contributed by atoms with Crippen LogP contribution in [-0.4, -0.2) is 25.7 Å². The molecule has 2 heterocycles. The molecule has 0 saturated carbocycles. The van der Waals surface area contributed by atoms with E-state index in [1.54, 1.807) is 6.20 Å². The van der Waals surface area contributed by atoms with Crippen LogP contribution in [0.2, 0.25) is 0 Å². The largest absolute Gasteiger partial charge is 0.379 e. The Hall–Kier alpha value is -3.11. The molecule has 1 aromatic heterocycles. The lowest BCUT2D eigenvalue weighted by molar-refractivity contribution is 0.599. The Morgan fingerprint density at radius 1 is 1.19 bits per heavy atom. The van der Waals surface area contributed by atoms with Crippen molar-refractivity contribution in [3.05, 3.63) is 65.9 Å². The smallest absolute Gasteiger partial charge is 0.235 e. The predicted molar refractivity (Wildman–Crippen MR) is 106 cm³/mol. The zero-order chi connectivity index (χ0) is 18.9. The molecule has 0 radical (unpaired) electrons. The van der Waals surface area contributed by atoms with Gasteiger partial charge in [-0.05, 0) is 30.2 Å². The van der Waals surface area contributed by atoms with Crippen LogP contribution in [0.25, 0.3) is 10.9 Å². The second-order valence-electron chi connectivity index (χ2n) is 6.44. The minimum absolute atomic E-state index is 0.198. The van der Waals surface area contributed by atoms with Gasteiger partial charge in [0.15, 0.2) is 0 Å². The van der Waals surface area contributed by atoms with Crippen LogP contribution in [0.15, 0.2) is 54.7 Å². The van der Waals surface area contributed by atoms with Crippen molar-refractivity contribution in [3.8, 4) is 6.07 Å². The normalized spacial score (nSPS) is 15.6. The first-order valence-electron chi connectivity index (χ1n) is 8.69. The molecule has 0 amide bonds. The fraction of sp³-hybridized carbons (Fsp3) is 0.200. The van der Waals surface area contributed by atoms with E-state index in [1.807, 2.05) is 48.5 Å². The van der Waals surface area contributed by atoms with Crippen molar-refractivity contribution in [2.24, 2.45) is 0 Å². The predicted octanol–water partition coefficient (Wildman–Crippen LogP) is 3.26. The monoisotopic (exact) mass is 378 g/mol. The number of anilines is 2. The molecule has 4 rings (SSSR count). The fourth-order valence-corrected chi connectivity index (χ4v) is 4.91. The van der Waals surface area contributed by atoms with E-state index >= 15 is 0 Å². The maximum atomic E-state index is 12.2. The van der Waals surface area contributed by atoms with Gasteiger partial charge in [0.1, 0.15) is 6.07 Å². The van der Waals surface area contributed by atoms with Crippen LogP contribution in [0, 0.1) is 11.3 Å². The Labute approximate surface area is 158 Å².